The van der Waals surface area contributed by atoms with Gasteiger partial charge in [-0.3, -0.25) is 0 Å². The van der Waals surface area contributed by atoms with Crippen LogP contribution in [-0.2, 0) is 11.3 Å². The third-order valence-electron chi connectivity index (χ3n) is 5.94. The number of aliphatic hydroxyl groups excluding tert-OH is 1. The van der Waals surface area contributed by atoms with Crippen LogP contribution in [0.2, 0.25) is 0 Å². The van der Waals surface area contributed by atoms with Crippen LogP contribution in [0.15, 0.2) is 72.8 Å². The third-order valence-corrected chi connectivity index (χ3v) is 5.94. The zero-order chi connectivity index (χ0) is 24.8. The Labute approximate surface area is 206 Å². The summed E-state index contributed by atoms with van der Waals surface area (Å²) in [4.78, 5) is 12.9. The third kappa shape index (κ3) is 5.73. The smallest absolute Gasteiger partial charge is 0.340 e. The maximum atomic E-state index is 12.9. The lowest BCUT2D eigenvalue weighted by Crippen LogP contribution is -2.31. The molecule has 0 bridgehead atoms. The number of nitrogens with zero attached hydrogens (tertiary/aromatic N) is 1. The summed E-state index contributed by atoms with van der Waals surface area (Å²) in [6.45, 7) is 7.30. The van der Waals surface area contributed by atoms with E-state index in [9.17, 15) is 9.90 Å². The lowest BCUT2D eigenvalue weighted by molar-refractivity contribution is 0.0527. The van der Waals surface area contributed by atoms with Gasteiger partial charge in [-0.15, -0.1) is 0 Å². The first-order valence-electron chi connectivity index (χ1n) is 11.9. The lowest BCUT2D eigenvalue weighted by atomic mass is 10.1. The molecule has 0 saturated heterocycles. The number of ether oxygens (including phenoxy) is 2. The van der Waals surface area contributed by atoms with Gasteiger partial charge in [-0.2, -0.15) is 0 Å². The Kier molecular flexibility index (Phi) is 7.85. The van der Waals surface area contributed by atoms with Crippen LogP contribution in [0.4, 0.5) is 0 Å². The number of benzene rings is 3. The minimum absolute atomic E-state index is 0.139. The number of aliphatic hydroxyl groups is 1. The second-order valence-corrected chi connectivity index (χ2v) is 8.61. The zero-order valence-electron chi connectivity index (χ0n) is 20.5. The first-order chi connectivity index (χ1) is 17.0. The number of esters is 1. The molecule has 0 saturated carbocycles. The van der Waals surface area contributed by atoms with E-state index in [1.54, 1.807) is 6.92 Å². The van der Waals surface area contributed by atoms with E-state index in [2.05, 4.69) is 22.0 Å². The van der Waals surface area contributed by atoms with Gasteiger partial charge < -0.3 is 24.5 Å². The SMILES string of the molecule is CCOC(=O)c1c(C)n(-c2ccc(C)cc2)c2ccc(OC[C@@H](O)CNCc3ccccc3)cc12. The van der Waals surface area contributed by atoms with Crippen LogP contribution in [0.1, 0.15) is 34.1 Å². The molecule has 3 aromatic carbocycles. The summed E-state index contributed by atoms with van der Waals surface area (Å²) in [5, 5.41) is 14.4. The quantitative estimate of drug-likeness (QED) is 0.320. The highest BCUT2D eigenvalue weighted by Crippen LogP contribution is 2.32. The standard InChI is InChI=1S/C29H32N2O4/c1-4-34-29(33)28-21(3)31(23-12-10-20(2)11-13-23)27-15-14-25(16-26(27)28)35-19-24(32)18-30-17-22-8-6-5-7-9-22/h5-16,24,30,32H,4,17-19H2,1-3H3/t24-/m0/s1. The maximum absolute atomic E-state index is 12.9. The summed E-state index contributed by atoms with van der Waals surface area (Å²) in [5.74, 6) is 0.231. The Bertz CT molecular complexity index is 1280. The van der Waals surface area contributed by atoms with Gasteiger partial charge in [-0.25, -0.2) is 4.79 Å². The molecule has 0 spiro atoms. The van der Waals surface area contributed by atoms with Crippen LogP contribution in [0.3, 0.4) is 0 Å². The molecule has 1 heterocycles. The van der Waals surface area contributed by atoms with Crippen molar-refractivity contribution in [2.75, 3.05) is 19.8 Å². The summed E-state index contributed by atoms with van der Waals surface area (Å²) >= 11 is 0. The fourth-order valence-electron chi connectivity index (χ4n) is 4.21. The van der Waals surface area contributed by atoms with Gasteiger partial charge in [0.25, 0.3) is 0 Å². The number of aryl methyl sites for hydroxylation is 1. The van der Waals surface area contributed by atoms with Gasteiger partial charge in [0.2, 0.25) is 0 Å². The van der Waals surface area contributed by atoms with Crippen molar-refractivity contribution in [1.82, 2.24) is 9.88 Å². The van der Waals surface area contributed by atoms with Gasteiger partial charge >= 0.3 is 5.97 Å². The summed E-state index contributed by atoms with van der Waals surface area (Å²) in [7, 11) is 0. The van der Waals surface area contributed by atoms with Crippen LogP contribution in [-0.4, -0.2) is 41.5 Å². The normalized spacial score (nSPS) is 12.0. The van der Waals surface area contributed by atoms with Crippen molar-refractivity contribution in [2.45, 2.75) is 33.4 Å². The molecule has 0 radical (unpaired) electrons. The Balaban J connectivity index is 1.53. The number of rotatable bonds is 10. The molecule has 0 amide bonds. The van der Waals surface area contributed by atoms with Crippen LogP contribution in [0.5, 0.6) is 5.75 Å². The molecule has 0 aliphatic rings. The van der Waals surface area contributed by atoms with Crippen molar-refractivity contribution >= 4 is 16.9 Å². The first kappa shape index (κ1) is 24.5. The predicted molar refractivity (Wildman–Crippen MR) is 138 cm³/mol. The maximum Gasteiger partial charge on any atom is 0.340 e. The number of hydrogen-bond acceptors (Lipinski definition) is 5. The second-order valence-electron chi connectivity index (χ2n) is 8.61. The largest absolute Gasteiger partial charge is 0.491 e. The van der Waals surface area contributed by atoms with E-state index in [-0.39, 0.29) is 12.6 Å². The van der Waals surface area contributed by atoms with Crippen LogP contribution in [0, 0.1) is 13.8 Å². The van der Waals surface area contributed by atoms with Gasteiger partial charge in [-0.1, -0.05) is 48.0 Å². The number of carbonyl (C=O) groups excluding carboxylic acids is 1. The monoisotopic (exact) mass is 472 g/mol. The summed E-state index contributed by atoms with van der Waals surface area (Å²) < 4.78 is 13.3. The molecule has 6 nitrogen and oxygen atoms in total. The van der Waals surface area contributed by atoms with Gasteiger partial charge in [0.1, 0.15) is 18.5 Å². The summed E-state index contributed by atoms with van der Waals surface area (Å²) in [6, 6.07) is 23.9. The average molecular weight is 473 g/mol. The minimum Gasteiger partial charge on any atom is -0.491 e. The Morgan fingerprint density at radius 3 is 2.49 bits per heavy atom. The molecule has 182 valence electrons. The summed E-state index contributed by atoms with van der Waals surface area (Å²) in [6.07, 6.45) is -0.669. The van der Waals surface area contributed by atoms with Crippen molar-refractivity contribution in [3.8, 4) is 11.4 Å². The van der Waals surface area contributed by atoms with Crippen molar-refractivity contribution in [2.24, 2.45) is 0 Å². The molecule has 35 heavy (non-hydrogen) atoms. The number of fused-ring (bicyclic) bond motifs is 1. The van der Waals surface area contributed by atoms with Crippen molar-refractivity contribution in [3.05, 3.63) is 95.2 Å². The van der Waals surface area contributed by atoms with Crippen LogP contribution < -0.4 is 10.1 Å². The molecule has 1 atom stereocenters. The molecule has 0 aliphatic carbocycles. The highest BCUT2D eigenvalue weighted by atomic mass is 16.5. The zero-order valence-corrected chi connectivity index (χ0v) is 20.5. The second kappa shape index (κ2) is 11.2. The Morgan fingerprint density at radius 1 is 1.03 bits per heavy atom. The van der Waals surface area contributed by atoms with E-state index in [4.69, 9.17) is 9.47 Å². The van der Waals surface area contributed by atoms with Crippen molar-refractivity contribution in [3.63, 3.8) is 0 Å². The van der Waals surface area contributed by atoms with Crippen LogP contribution in [0.25, 0.3) is 16.6 Å². The van der Waals surface area contributed by atoms with Gasteiger partial charge in [0.15, 0.2) is 0 Å². The van der Waals surface area contributed by atoms with E-state index in [1.807, 2.05) is 74.5 Å². The van der Waals surface area contributed by atoms with E-state index in [0.717, 1.165) is 27.8 Å². The minimum atomic E-state index is -0.669. The lowest BCUT2D eigenvalue weighted by Gasteiger charge is -2.14. The van der Waals surface area contributed by atoms with E-state index >= 15 is 0 Å². The van der Waals surface area contributed by atoms with Crippen LogP contribution >= 0.6 is 0 Å². The Morgan fingerprint density at radius 2 is 1.77 bits per heavy atom. The highest BCUT2D eigenvalue weighted by Gasteiger charge is 2.22. The topological polar surface area (TPSA) is 72.7 Å². The van der Waals surface area contributed by atoms with Crippen molar-refractivity contribution < 1.29 is 19.4 Å². The molecular formula is C29H32N2O4. The number of carbonyl (C=O) groups is 1. The average Bonchev–Trinajstić information content (AvgIpc) is 3.15. The molecule has 6 heteroatoms. The molecule has 0 unspecified atom stereocenters. The molecule has 2 N–H and O–H groups in total. The first-order valence-corrected chi connectivity index (χ1v) is 11.9. The predicted octanol–water partition coefficient (Wildman–Crippen LogP) is 4.95. The fourth-order valence-corrected chi connectivity index (χ4v) is 4.21. The van der Waals surface area contributed by atoms with Gasteiger partial charge in [-0.05, 0) is 56.7 Å². The molecule has 4 aromatic rings. The van der Waals surface area contributed by atoms with E-state index in [0.29, 0.717) is 31.0 Å². The number of hydrogen-bond donors (Lipinski definition) is 2. The highest BCUT2D eigenvalue weighted by molar-refractivity contribution is 6.07. The molecular weight excluding hydrogens is 440 g/mol. The van der Waals surface area contributed by atoms with Gasteiger partial charge in [0, 0.05) is 29.9 Å². The molecule has 0 fully saturated rings. The molecule has 0 aliphatic heterocycles. The fraction of sp³-hybridized carbons (Fsp3) is 0.276. The summed E-state index contributed by atoms with van der Waals surface area (Å²) in [5.41, 5.74) is 5.53. The molecule has 4 rings (SSSR count). The number of nitrogens with one attached hydrogen (secondary N) is 1. The molecule has 1 aromatic heterocycles. The van der Waals surface area contributed by atoms with E-state index in [1.165, 1.54) is 5.56 Å². The van der Waals surface area contributed by atoms with Gasteiger partial charge in [0.05, 0.1) is 17.7 Å². The van der Waals surface area contributed by atoms with E-state index < -0.39 is 6.10 Å². The van der Waals surface area contributed by atoms with Crippen molar-refractivity contribution in [1.29, 1.82) is 0 Å². The Hall–Kier alpha value is -3.61. The number of aromatic nitrogens is 1.